The first-order valence-corrected chi connectivity index (χ1v) is 4.60. The summed E-state index contributed by atoms with van der Waals surface area (Å²) in [6.07, 6.45) is 2.89. The van der Waals surface area contributed by atoms with Gasteiger partial charge < -0.3 is 10.2 Å². The van der Waals surface area contributed by atoms with Gasteiger partial charge in [0, 0.05) is 25.3 Å². The van der Waals surface area contributed by atoms with Crippen LogP contribution in [0.5, 0.6) is 0 Å². The summed E-state index contributed by atoms with van der Waals surface area (Å²) in [7, 11) is 2.00. The Morgan fingerprint density at radius 3 is 3.15 bits per heavy atom. The van der Waals surface area contributed by atoms with Crippen LogP contribution in [-0.4, -0.2) is 36.4 Å². The van der Waals surface area contributed by atoms with Crippen LogP contribution in [0, 0.1) is 0 Å². The molecule has 1 N–H and O–H groups in total. The molecule has 4 heteroatoms. The SMILES string of the molecule is CN[C@@H]1CCN(c2cccnn2)C1. The van der Waals surface area contributed by atoms with E-state index in [9.17, 15) is 0 Å². The van der Waals surface area contributed by atoms with Crippen LogP contribution in [0.1, 0.15) is 6.42 Å². The Bertz CT molecular complexity index is 262. The third-order valence-corrected chi connectivity index (χ3v) is 2.48. The zero-order valence-corrected chi connectivity index (χ0v) is 7.77. The fraction of sp³-hybridized carbons (Fsp3) is 0.556. The van der Waals surface area contributed by atoms with Crippen LogP contribution >= 0.6 is 0 Å². The molecule has 1 aromatic rings. The topological polar surface area (TPSA) is 41.0 Å². The van der Waals surface area contributed by atoms with Crippen LogP contribution in [0.3, 0.4) is 0 Å². The fourth-order valence-corrected chi connectivity index (χ4v) is 1.67. The first kappa shape index (κ1) is 8.44. The monoisotopic (exact) mass is 178 g/mol. The van der Waals surface area contributed by atoms with Crippen molar-refractivity contribution in [3.05, 3.63) is 18.3 Å². The van der Waals surface area contributed by atoms with E-state index in [-0.39, 0.29) is 0 Å². The maximum atomic E-state index is 4.08. The van der Waals surface area contributed by atoms with E-state index in [1.807, 2.05) is 19.2 Å². The van der Waals surface area contributed by atoms with Crippen LogP contribution in [0.2, 0.25) is 0 Å². The molecule has 1 aromatic heterocycles. The molecule has 0 bridgehead atoms. The summed E-state index contributed by atoms with van der Waals surface area (Å²) < 4.78 is 0. The number of likely N-dealkylation sites (N-methyl/N-ethyl adjacent to an activating group) is 1. The van der Waals surface area contributed by atoms with Crippen LogP contribution in [-0.2, 0) is 0 Å². The van der Waals surface area contributed by atoms with E-state index < -0.39 is 0 Å². The Hall–Kier alpha value is -1.16. The van der Waals surface area contributed by atoms with Gasteiger partial charge in [-0.2, -0.15) is 5.10 Å². The van der Waals surface area contributed by atoms with E-state index in [1.54, 1.807) is 6.20 Å². The molecule has 4 nitrogen and oxygen atoms in total. The molecule has 0 unspecified atom stereocenters. The second-order valence-corrected chi connectivity index (χ2v) is 3.30. The molecule has 1 aliphatic heterocycles. The molecular formula is C9H14N4. The molecule has 0 saturated carbocycles. The molecule has 0 aromatic carbocycles. The summed E-state index contributed by atoms with van der Waals surface area (Å²) in [5.41, 5.74) is 0. The van der Waals surface area contributed by atoms with Gasteiger partial charge in [-0.15, -0.1) is 5.10 Å². The van der Waals surface area contributed by atoms with E-state index >= 15 is 0 Å². The number of hydrogen-bond acceptors (Lipinski definition) is 4. The van der Waals surface area contributed by atoms with Crippen molar-refractivity contribution in [2.24, 2.45) is 0 Å². The normalized spacial score (nSPS) is 22.2. The maximum absolute atomic E-state index is 4.08. The smallest absolute Gasteiger partial charge is 0.151 e. The molecule has 1 atom stereocenters. The quantitative estimate of drug-likeness (QED) is 0.706. The van der Waals surface area contributed by atoms with Gasteiger partial charge >= 0.3 is 0 Å². The molecule has 2 rings (SSSR count). The maximum Gasteiger partial charge on any atom is 0.151 e. The molecule has 0 amide bonds. The van der Waals surface area contributed by atoms with E-state index in [0.29, 0.717) is 6.04 Å². The van der Waals surface area contributed by atoms with E-state index in [4.69, 9.17) is 0 Å². The number of aromatic nitrogens is 2. The number of nitrogens with zero attached hydrogens (tertiary/aromatic N) is 3. The lowest BCUT2D eigenvalue weighted by atomic mass is 10.3. The van der Waals surface area contributed by atoms with Crippen molar-refractivity contribution in [1.29, 1.82) is 0 Å². The van der Waals surface area contributed by atoms with E-state index in [2.05, 4.69) is 20.4 Å². The van der Waals surface area contributed by atoms with Crippen LogP contribution < -0.4 is 10.2 Å². The highest BCUT2D eigenvalue weighted by Gasteiger charge is 2.21. The fourth-order valence-electron chi connectivity index (χ4n) is 1.67. The second kappa shape index (κ2) is 3.70. The standard InChI is InChI=1S/C9H14N4/c1-10-8-4-6-13(7-8)9-3-2-5-11-12-9/h2-3,5,8,10H,4,6-7H2,1H3/t8-/m1/s1. The van der Waals surface area contributed by atoms with Gasteiger partial charge in [0.25, 0.3) is 0 Å². The van der Waals surface area contributed by atoms with Gasteiger partial charge in [0.2, 0.25) is 0 Å². The van der Waals surface area contributed by atoms with Crippen molar-refractivity contribution in [2.75, 3.05) is 25.0 Å². The molecule has 0 radical (unpaired) electrons. The molecule has 13 heavy (non-hydrogen) atoms. The zero-order valence-electron chi connectivity index (χ0n) is 7.77. The van der Waals surface area contributed by atoms with Crippen molar-refractivity contribution >= 4 is 5.82 Å². The van der Waals surface area contributed by atoms with Gasteiger partial charge in [-0.3, -0.25) is 0 Å². The van der Waals surface area contributed by atoms with Gasteiger partial charge in [0.15, 0.2) is 5.82 Å². The van der Waals surface area contributed by atoms with Gasteiger partial charge in [-0.1, -0.05) is 0 Å². The molecule has 0 spiro atoms. The Kier molecular flexibility index (Phi) is 2.40. The van der Waals surface area contributed by atoms with E-state index in [0.717, 1.165) is 18.9 Å². The largest absolute Gasteiger partial charge is 0.354 e. The Labute approximate surface area is 78.0 Å². The van der Waals surface area contributed by atoms with E-state index in [1.165, 1.54) is 6.42 Å². The predicted molar refractivity (Wildman–Crippen MR) is 51.7 cm³/mol. The summed E-state index contributed by atoms with van der Waals surface area (Å²) in [5.74, 6) is 0.986. The molecule has 70 valence electrons. The van der Waals surface area contributed by atoms with Crippen LogP contribution in [0.15, 0.2) is 18.3 Å². The molecule has 0 aliphatic carbocycles. The number of rotatable bonds is 2. The molecule has 1 fully saturated rings. The van der Waals surface area contributed by atoms with Crippen molar-refractivity contribution in [1.82, 2.24) is 15.5 Å². The Morgan fingerprint density at radius 2 is 2.54 bits per heavy atom. The molecule has 1 aliphatic rings. The highest BCUT2D eigenvalue weighted by atomic mass is 15.3. The summed E-state index contributed by atoms with van der Waals surface area (Å²) in [6.45, 7) is 2.11. The lowest BCUT2D eigenvalue weighted by Crippen LogP contribution is -2.29. The minimum Gasteiger partial charge on any atom is -0.354 e. The number of anilines is 1. The highest BCUT2D eigenvalue weighted by Crippen LogP contribution is 2.15. The van der Waals surface area contributed by atoms with Gasteiger partial charge in [0.05, 0.1) is 0 Å². The third kappa shape index (κ3) is 1.78. The van der Waals surface area contributed by atoms with Crippen molar-refractivity contribution in [3.8, 4) is 0 Å². The molecule has 1 saturated heterocycles. The summed E-state index contributed by atoms with van der Waals surface area (Å²) >= 11 is 0. The van der Waals surface area contributed by atoms with Gasteiger partial charge in [-0.25, -0.2) is 0 Å². The Morgan fingerprint density at radius 1 is 1.62 bits per heavy atom. The van der Waals surface area contributed by atoms with Crippen molar-refractivity contribution in [3.63, 3.8) is 0 Å². The van der Waals surface area contributed by atoms with Gasteiger partial charge in [-0.05, 0) is 25.6 Å². The van der Waals surface area contributed by atoms with Crippen LogP contribution in [0.4, 0.5) is 5.82 Å². The van der Waals surface area contributed by atoms with Crippen molar-refractivity contribution in [2.45, 2.75) is 12.5 Å². The minimum atomic E-state index is 0.599. The molecular weight excluding hydrogens is 164 g/mol. The second-order valence-electron chi connectivity index (χ2n) is 3.30. The van der Waals surface area contributed by atoms with Crippen LogP contribution in [0.25, 0.3) is 0 Å². The highest BCUT2D eigenvalue weighted by molar-refractivity contribution is 5.38. The average molecular weight is 178 g/mol. The lowest BCUT2D eigenvalue weighted by molar-refractivity contribution is 0.616. The Balaban J connectivity index is 2.04. The zero-order chi connectivity index (χ0) is 9.10. The summed E-state index contributed by atoms with van der Waals surface area (Å²) in [6, 6.07) is 4.53. The minimum absolute atomic E-state index is 0.599. The molecule has 2 heterocycles. The van der Waals surface area contributed by atoms with Gasteiger partial charge in [0.1, 0.15) is 0 Å². The average Bonchev–Trinajstić information content (AvgIpc) is 2.67. The third-order valence-electron chi connectivity index (χ3n) is 2.48. The number of nitrogens with one attached hydrogen (secondary N) is 1. The van der Waals surface area contributed by atoms with Crippen molar-refractivity contribution < 1.29 is 0 Å². The lowest BCUT2D eigenvalue weighted by Gasteiger charge is -2.15. The summed E-state index contributed by atoms with van der Waals surface area (Å²) in [4.78, 5) is 2.26. The first-order chi connectivity index (χ1) is 6.40. The number of hydrogen-bond donors (Lipinski definition) is 1. The predicted octanol–water partition coefficient (Wildman–Crippen LogP) is 0.275. The first-order valence-electron chi connectivity index (χ1n) is 4.60. The summed E-state index contributed by atoms with van der Waals surface area (Å²) in [5, 5.41) is 11.2.